The molecular formula is C30H53AcN3O17Si. The van der Waals surface area contributed by atoms with E-state index in [1.165, 1.54) is 4.68 Å². The van der Waals surface area contributed by atoms with Crippen LogP contribution in [0.25, 0.3) is 0 Å². The molecular weight excluding hydrogens is 929 g/mol. The Balaban J connectivity index is 1.38. The van der Waals surface area contributed by atoms with Crippen LogP contribution >= 0.6 is 0 Å². The molecule has 10 N–H and O–H groups in total. The van der Waals surface area contributed by atoms with Crippen molar-refractivity contribution in [2.24, 2.45) is 0 Å². The van der Waals surface area contributed by atoms with Crippen LogP contribution in [-0.4, -0.2) is 193 Å². The molecule has 7 unspecified atom stereocenters. The van der Waals surface area contributed by atoms with E-state index in [2.05, 4.69) is 30.0 Å². The minimum atomic E-state index is -2.33. The summed E-state index contributed by atoms with van der Waals surface area (Å²) in [6.07, 6.45) is -20.3. The molecule has 0 aromatic carbocycles. The van der Waals surface area contributed by atoms with Crippen LogP contribution in [0.3, 0.4) is 0 Å². The number of aliphatic hydroxyl groups excluding tert-OH is 10. The normalized spacial score (nSPS) is 39.8. The second kappa shape index (κ2) is 18.7. The molecule has 0 aliphatic carbocycles. The Labute approximate surface area is 323 Å². The quantitative estimate of drug-likeness (QED) is 0.0581. The number of aliphatic hydroxyl groups is 10. The average Bonchev–Trinajstić information content (AvgIpc) is 3.60. The van der Waals surface area contributed by atoms with Gasteiger partial charge in [-0.25, -0.2) is 0 Å². The molecule has 4 rings (SSSR count). The van der Waals surface area contributed by atoms with Gasteiger partial charge in [-0.15, -0.1) is 0 Å². The monoisotopic (exact) mass is 982 g/mol. The molecule has 20 nitrogen and oxygen atoms in total. The Kier molecular flexibility index (Phi) is 16.0. The van der Waals surface area contributed by atoms with Crippen LogP contribution in [0, 0.1) is 39.7 Å². The first-order chi connectivity index (χ1) is 24.4. The number of ether oxygens (including phenoxy) is 6. The number of carbonyl (C=O) groups is 1. The molecule has 3 fully saturated rings. The Morgan fingerprint density at radius 1 is 0.808 bits per heavy atom. The first kappa shape index (κ1) is 44.4. The zero-order valence-corrected chi connectivity index (χ0v) is 35.5. The predicted molar refractivity (Wildman–Crippen MR) is 171 cm³/mol. The van der Waals surface area contributed by atoms with E-state index in [0.29, 0.717) is 19.9 Å². The molecule has 0 radical (unpaired) electrons. The van der Waals surface area contributed by atoms with Gasteiger partial charge in [-0.3, -0.25) is 0 Å². The molecule has 1 aromatic rings. The molecule has 3 aliphatic rings. The van der Waals surface area contributed by atoms with Gasteiger partial charge in [0, 0.05) is 0 Å². The van der Waals surface area contributed by atoms with Crippen LogP contribution in [0.15, 0.2) is 6.20 Å². The Morgan fingerprint density at radius 3 is 1.87 bits per heavy atom. The predicted octanol–water partition coefficient (Wildman–Crippen LogP) is -5.14. The van der Waals surface area contributed by atoms with Gasteiger partial charge in [0.05, 0.1) is 6.61 Å². The summed E-state index contributed by atoms with van der Waals surface area (Å²) >= 11 is -2.33. The fourth-order valence-corrected chi connectivity index (χ4v) is 12.7. The summed E-state index contributed by atoms with van der Waals surface area (Å²) in [5.41, 5.74) is -0.517. The number of aromatic nitrogens is 3. The molecule has 4 heterocycles. The molecule has 16 atom stereocenters. The fraction of sp³-hybridized carbons (Fsp3) is 0.900. The summed E-state index contributed by atoms with van der Waals surface area (Å²) in [6.45, 7) is 7.60. The molecule has 3 aliphatic heterocycles. The second-order valence-corrected chi connectivity index (χ2v) is 26.5. The number of hydrogen-bond donors (Lipinski definition) is 10. The van der Waals surface area contributed by atoms with Gasteiger partial charge < -0.3 is 20.4 Å². The van der Waals surface area contributed by atoms with Crippen molar-refractivity contribution < 1.29 is 124 Å². The molecule has 52 heavy (non-hydrogen) atoms. The summed E-state index contributed by atoms with van der Waals surface area (Å²) in [4.78, 5) is 13.0. The second-order valence-electron chi connectivity index (χ2n) is 14.8. The molecule has 0 amide bonds. The van der Waals surface area contributed by atoms with Crippen molar-refractivity contribution in [3.05, 3.63) is 11.9 Å². The van der Waals surface area contributed by atoms with Crippen LogP contribution in [0.5, 0.6) is 0 Å². The average molecular weight is 983 g/mol. The molecule has 22 heteroatoms. The summed E-state index contributed by atoms with van der Waals surface area (Å²) in [7, 11) is -1.65. The van der Waals surface area contributed by atoms with E-state index >= 15 is 0 Å². The molecule has 1 aromatic heterocycles. The van der Waals surface area contributed by atoms with Crippen molar-refractivity contribution in [3.8, 4) is 0 Å². The third kappa shape index (κ3) is 9.96. The van der Waals surface area contributed by atoms with E-state index in [1.54, 1.807) is 13.1 Å². The van der Waals surface area contributed by atoms with E-state index in [9.17, 15) is 55.9 Å². The number of nitrogens with zero attached hydrogens (tertiary/aromatic N) is 3. The van der Waals surface area contributed by atoms with Gasteiger partial charge in [-0.1, -0.05) is 0 Å². The standard InChI is InChI=1S/C18H31O15.C12H22N3O2Si.Ac/c19-1-6-10(24)11(25)13(27)17(30-6)33-16-8(3-21)31-18(14(28)12(16)26)32-15-7(2-20)29-4-5(22)9(15)23;1-7-12(3,15-8-10(2)13-14-15)11(16)17-9-18(4,5)6;/h4-28H,1-3H2;8H,2,7,9H2,1,3-6H3;/t5?,6?,7?,8?,9-,10-,11+,12-,13?,14?,15-,16-,17-,18-;;/m1../s1. The van der Waals surface area contributed by atoms with Crippen molar-refractivity contribution in [2.45, 2.75) is 134 Å². The zero-order chi connectivity index (χ0) is 38.7. The molecule has 297 valence electrons. The van der Waals surface area contributed by atoms with E-state index in [1.807, 2.05) is 6.92 Å². The summed E-state index contributed by atoms with van der Waals surface area (Å²) < 4.78 is 34.9. The van der Waals surface area contributed by atoms with E-state index in [4.69, 9.17) is 28.4 Å². The van der Waals surface area contributed by atoms with E-state index < -0.39 is 166 Å². The van der Waals surface area contributed by atoms with Gasteiger partial charge in [0.15, 0.2) is 0 Å². The van der Waals surface area contributed by atoms with Crippen LogP contribution in [0.4, 0.5) is 0 Å². The zero-order valence-electron chi connectivity index (χ0n) is 29.7. The van der Waals surface area contributed by atoms with Gasteiger partial charge in [-0.2, -0.15) is 0 Å². The third-order valence-electron chi connectivity index (χ3n) is 9.52. The van der Waals surface area contributed by atoms with Gasteiger partial charge in [0.2, 0.25) is 0 Å². The van der Waals surface area contributed by atoms with Crippen molar-refractivity contribution in [2.75, 3.05) is 26.1 Å². The van der Waals surface area contributed by atoms with Crippen LogP contribution in [-0.2, 0) is 40.4 Å². The third-order valence-corrected chi connectivity index (χ3v) is 17.4. The van der Waals surface area contributed by atoms with E-state index in [-0.39, 0.29) is 0 Å². The molecule has 0 bridgehead atoms. The van der Waals surface area contributed by atoms with Crippen molar-refractivity contribution in [1.29, 1.82) is 0 Å². The first-order valence-electron chi connectivity index (χ1n) is 17.2. The van der Waals surface area contributed by atoms with Gasteiger partial charge in [-0.05, 0) is 0 Å². The van der Waals surface area contributed by atoms with Crippen LogP contribution in [0.1, 0.15) is 26.0 Å². The van der Waals surface area contributed by atoms with Crippen LogP contribution in [0.2, 0.25) is 19.6 Å². The fourth-order valence-electron chi connectivity index (χ4n) is 6.01. The van der Waals surface area contributed by atoms with Crippen molar-refractivity contribution in [3.63, 3.8) is 0 Å². The number of esters is 1. The number of hydrogen-bond acceptors (Lipinski definition) is 19. The topological polar surface area (TPSA) is 305 Å². The number of rotatable bonds is 15. The minimum absolute atomic E-state index is 0.366. The van der Waals surface area contributed by atoms with Gasteiger partial charge >= 0.3 is 280 Å². The first-order valence-corrected chi connectivity index (χ1v) is 27.0. The Morgan fingerprint density at radius 2 is 1.33 bits per heavy atom. The van der Waals surface area contributed by atoms with Gasteiger partial charge in [0.1, 0.15) is 18.3 Å². The molecule has 0 saturated carbocycles. The van der Waals surface area contributed by atoms with Crippen molar-refractivity contribution >= 4 is 14.0 Å². The number of carbonyl (C=O) groups excluding carboxylic acids is 1. The van der Waals surface area contributed by atoms with Crippen LogP contribution < -0.4 is 0 Å². The van der Waals surface area contributed by atoms with E-state index in [0.717, 1.165) is 0 Å². The van der Waals surface area contributed by atoms with Gasteiger partial charge in [0.25, 0.3) is 0 Å². The molecule has 0 spiro atoms. The summed E-state index contributed by atoms with van der Waals surface area (Å²) in [6, 6.07) is 0. The summed E-state index contributed by atoms with van der Waals surface area (Å²) in [5.74, 6) is -0.411. The molecule has 3 saturated heterocycles. The SMILES string of the molecule is CCC(C)(C(=O)OC[Si](C)(C)C)n1cc([CH2][Ac][C@@H]2OC(CO)[C@@H](O[C@H]3OC(CO)[C@@H](O[C@H]4OC(CO)[C@@H](O)[C@H](O)C4O)[C@H](O)C3O)[C@H](O)C2O)nn1. The Hall–Kier alpha value is -0.332. The maximum atomic E-state index is 13.0. The Bertz CT molecular complexity index is 1290. The summed E-state index contributed by atoms with van der Waals surface area (Å²) in [5, 5.41) is 113. The van der Waals surface area contributed by atoms with Crippen molar-refractivity contribution in [1.82, 2.24) is 15.0 Å². The maximum absolute atomic E-state index is 13.0.